The van der Waals surface area contributed by atoms with E-state index in [0.29, 0.717) is 0 Å². The van der Waals surface area contributed by atoms with Crippen molar-refractivity contribution in [2.24, 2.45) is 11.3 Å². The quantitative estimate of drug-likeness (QED) is 0.733. The van der Waals surface area contributed by atoms with E-state index < -0.39 is 6.09 Å². The third-order valence-electron chi connectivity index (χ3n) is 5.93. The predicted octanol–water partition coefficient (Wildman–Crippen LogP) is 5.31. The van der Waals surface area contributed by atoms with E-state index in [2.05, 4.69) is 62.5 Å². The van der Waals surface area contributed by atoms with Crippen molar-refractivity contribution in [1.82, 2.24) is 4.90 Å². The molecule has 4 atom stereocenters. The van der Waals surface area contributed by atoms with Gasteiger partial charge in [-0.1, -0.05) is 69.3 Å². The van der Waals surface area contributed by atoms with Crippen molar-refractivity contribution in [2.75, 3.05) is 5.32 Å². The topological polar surface area (TPSA) is 52.6 Å². The van der Waals surface area contributed by atoms with Gasteiger partial charge in [0.25, 0.3) is 0 Å². The third-order valence-corrected chi connectivity index (χ3v) is 5.93. The van der Waals surface area contributed by atoms with Crippen LogP contribution in [0.15, 0.2) is 54.6 Å². The molecule has 0 saturated carbocycles. The Labute approximate surface area is 154 Å². The zero-order valence-electron chi connectivity index (χ0n) is 15.5. The Hall–Kier alpha value is -2.49. The molecule has 26 heavy (non-hydrogen) atoms. The highest BCUT2D eigenvalue weighted by atomic mass is 16.4. The lowest BCUT2D eigenvalue weighted by Gasteiger charge is -2.40. The first-order chi connectivity index (χ1) is 12.4. The van der Waals surface area contributed by atoms with E-state index in [9.17, 15) is 9.90 Å². The Kier molecular flexibility index (Phi) is 3.94. The number of amides is 1. The molecule has 1 saturated heterocycles. The maximum absolute atomic E-state index is 12.3. The molecule has 1 fully saturated rings. The Bertz CT molecular complexity index is 812. The van der Waals surface area contributed by atoms with E-state index in [0.717, 1.165) is 17.7 Å². The molecular formula is C22H26N2O2. The lowest BCUT2D eigenvalue weighted by molar-refractivity contribution is 0.0835. The summed E-state index contributed by atoms with van der Waals surface area (Å²) in [5.41, 5.74) is 3.26. The highest BCUT2D eigenvalue weighted by Gasteiger charge is 2.53. The second-order valence-corrected chi connectivity index (χ2v) is 8.54. The number of rotatable bonds is 1. The summed E-state index contributed by atoms with van der Waals surface area (Å²) in [4.78, 5) is 14.0. The van der Waals surface area contributed by atoms with Gasteiger partial charge in [0.05, 0.1) is 12.1 Å². The average molecular weight is 350 g/mol. The summed E-state index contributed by atoms with van der Waals surface area (Å²) in [7, 11) is 0. The maximum atomic E-state index is 12.3. The highest BCUT2D eigenvalue weighted by molar-refractivity contribution is 5.69. The smallest absolute Gasteiger partial charge is 0.408 e. The number of carbonyl (C=O) groups is 1. The van der Waals surface area contributed by atoms with Gasteiger partial charge in [0, 0.05) is 17.6 Å². The van der Waals surface area contributed by atoms with Gasteiger partial charge in [-0.3, -0.25) is 4.90 Å². The first-order valence-corrected chi connectivity index (χ1v) is 9.29. The monoisotopic (exact) mass is 350 g/mol. The van der Waals surface area contributed by atoms with Gasteiger partial charge in [-0.05, 0) is 29.0 Å². The number of para-hydroxylation sites is 1. The second-order valence-electron chi connectivity index (χ2n) is 8.54. The van der Waals surface area contributed by atoms with Gasteiger partial charge in [0.2, 0.25) is 0 Å². The van der Waals surface area contributed by atoms with Crippen LogP contribution in [0.3, 0.4) is 0 Å². The van der Waals surface area contributed by atoms with Crippen molar-refractivity contribution in [1.29, 1.82) is 0 Å². The average Bonchev–Trinajstić information content (AvgIpc) is 3.03. The van der Waals surface area contributed by atoms with Gasteiger partial charge >= 0.3 is 6.09 Å². The van der Waals surface area contributed by atoms with Gasteiger partial charge < -0.3 is 10.4 Å². The lowest BCUT2D eigenvalue weighted by Crippen LogP contribution is -2.44. The number of carboxylic acid groups (broad SMARTS) is 1. The molecule has 0 spiro atoms. The largest absolute Gasteiger partial charge is 0.465 e. The third kappa shape index (κ3) is 2.64. The first-order valence-electron chi connectivity index (χ1n) is 9.29. The number of hydrogen-bond acceptors (Lipinski definition) is 2. The summed E-state index contributed by atoms with van der Waals surface area (Å²) in [5.74, 6) is 0.215. The molecule has 4 nitrogen and oxygen atoms in total. The molecule has 0 radical (unpaired) electrons. The first kappa shape index (κ1) is 17.0. The summed E-state index contributed by atoms with van der Waals surface area (Å²) in [6, 6.07) is 18.5. The van der Waals surface area contributed by atoms with Gasteiger partial charge in [0.15, 0.2) is 0 Å². The molecule has 2 aliphatic heterocycles. The van der Waals surface area contributed by atoms with Gasteiger partial charge in [-0.25, -0.2) is 4.79 Å². The SMILES string of the molecule is CC(C)(C)C1C[C@@H]2[C@H](c3ccccc3)Nc3ccccc3[C@@H]2N1C(=O)O. The van der Waals surface area contributed by atoms with Crippen LogP contribution < -0.4 is 5.32 Å². The molecule has 136 valence electrons. The minimum atomic E-state index is -0.819. The van der Waals surface area contributed by atoms with Crippen LogP contribution in [0.1, 0.15) is 50.4 Å². The fourth-order valence-electron chi connectivity index (χ4n) is 4.77. The van der Waals surface area contributed by atoms with Crippen LogP contribution in [0, 0.1) is 11.3 Å². The van der Waals surface area contributed by atoms with Crippen LogP contribution >= 0.6 is 0 Å². The normalized spacial score (nSPS) is 27.4. The molecule has 0 aliphatic carbocycles. The van der Waals surface area contributed by atoms with Crippen LogP contribution in [-0.4, -0.2) is 22.1 Å². The van der Waals surface area contributed by atoms with E-state index in [-0.39, 0.29) is 29.5 Å². The van der Waals surface area contributed by atoms with Crippen LogP contribution in [0.25, 0.3) is 0 Å². The standard InChI is InChI=1S/C22H26N2O2/c1-22(2,3)18-13-16-19(14-9-5-4-6-10-14)23-17-12-8-7-11-15(17)20(16)24(18)21(25)26/h4-12,16,18-20,23H,13H2,1-3H3,(H,25,26)/t16-,18?,19+,20+/m1/s1. The van der Waals surface area contributed by atoms with Crippen molar-refractivity contribution in [3.8, 4) is 0 Å². The molecule has 1 unspecified atom stereocenters. The summed E-state index contributed by atoms with van der Waals surface area (Å²) in [6.07, 6.45) is 0.0439. The molecular weight excluding hydrogens is 324 g/mol. The van der Waals surface area contributed by atoms with E-state index >= 15 is 0 Å². The molecule has 2 heterocycles. The maximum Gasteiger partial charge on any atom is 0.408 e. The van der Waals surface area contributed by atoms with Gasteiger partial charge in [-0.15, -0.1) is 0 Å². The van der Waals surface area contributed by atoms with Crippen molar-refractivity contribution >= 4 is 11.8 Å². The molecule has 0 aromatic heterocycles. The number of nitrogens with one attached hydrogen (secondary N) is 1. The molecule has 4 rings (SSSR count). The number of fused-ring (bicyclic) bond motifs is 3. The highest BCUT2D eigenvalue weighted by Crippen LogP contribution is 2.55. The van der Waals surface area contributed by atoms with Crippen LogP contribution in [-0.2, 0) is 0 Å². The van der Waals surface area contributed by atoms with Gasteiger partial charge in [-0.2, -0.15) is 0 Å². The lowest BCUT2D eigenvalue weighted by atomic mass is 9.77. The summed E-state index contributed by atoms with van der Waals surface area (Å²) in [5, 5.41) is 13.8. The van der Waals surface area contributed by atoms with E-state index in [1.807, 2.05) is 18.2 Å². The summed E-state index contributed by atoms with van der Waals surface area (Å²) < 4.78 is 0. The molecule has 2 N–H and O–H groups in total. The zero-order valence-corrected chi connectivity index (χ0v) is 15.5. The fraction of sp³-hybridized carbons (Fsp3) is 0.409. The summed E-state index contributed by atoms with van der Waals surface area (Å²) >= 11 is 0. The van der Waals surface area contributed by atoms with E-state index in [4.69, 9.17) is 0 Å². The van der Waals surface area contributed by atoms with E-state index in [1.54, 1.807) is 4.90 Å². The van der Waals surface area contributed by atoms with Crippen molar-refractivity contribution in [2.45, 2.75) is 45.3 Å². The van der Waals surface area contributed by atoms with E-state index in [1.165, 1.54) is 5.56 Å². The van der Waals surface area contributed by atoms with Crippen LogP contribution in [0.2, 0.25) is 0 Å². The van der Waals surface area contributed by atoms with Gasteiger partial charge in [0.1, 0.15) is 0 Å². The Balaban J connectivity index is 1.86. The Morgan fingerprint density at radius 2 is 1.73 bits per heavy atom. The number of likely N-dealkylation sites (tertiary alicyclic amines) is 1. The Morgan fingerprint density at radius 1 is 1.08 bits per heavy atom. The van der Waals surface area contributed by atoms with Crippen LogP contribution in [0.5, 0.6) is 0 Å². The Morgan fingerprint density at radius 3 is 2.38 bits per heavy atom. The second kappa shape index (κ2) is 6.04. The van der Waals surface area contributed by atoms with Crippen molar-refractivity contribution in [3.05, 3.63) is 65.7 Å². The number of benzene rings is 2. The number of hydrogen-bond donors (Lipinski definition) is 2. The zero-order chi connectivity index (χ0) is 18.5. The molecule has 1 amide bonds. The minimum Gasteiger partial charge on any atom is -0.465 e. The van der Waals surface area contributed by atoms with Crippen molar-refractivity contribution in [3.63, 3.8) is 0 Å². The number of nitrogens with zero attached hydrogens (tertiary/aromatic N) is 1. The molecule has 0 bridgehead atoms. The minimum absolute atomic E-state index is 0.00540. The summed E-state index contributed by atoms with van der Waals surface area (Å²) in [6.45, 7) is 6.42. The number of anilines is 1. The predicted molar refractivity (Wildman–Crippen MR) is 103 cm³/mol. The molecule has 2 aromatic rings. The van der Waals surface area contributed by atoms with Crippen LogP contribution in [0.4, 0.5) is 10.5 Å². The molecule has 2 aromatic carbocycles. The molecule has 2 aliphatic rings. The molecule has 4 heteroatoms. The fourth-order valence-corrected chi connectivity index (χ4v) is 4.77. The van der Waals surface area contributed by atoms with Crippen molar-refractivity contribution < 1.29 is 9.90 Å².